The van der Waals surface area contributed by atoms with Crippen LogP contribution in [-0.2, 0) is 11.2 Å². The maximum Gasteiger partial charge on any atom is 0.239 e. The molecule has 1 aliphatic rings. The molecule has 1 saturated carbocycles. The van der Waals surface area contributed by atoms with Gasteiger partial charge in [0.2, 0.25) is 5.91 Å². The molecule has 1 heterocycles. The Hall–Kier alpha value is -1.66. The molecule has 0 saturated heterocycles. The minimum Gasteiger partial charge on any atom is -0.308 e. The fourth-order valence-electron chi connectivity index (χ4n) is 2.56. The van der Waals surface area contributed by atoms with Crippen LogP contribution >= 0.6 is 15.9 Å². The van der Waals surface area contributed by atoms with Gasteiger partial charge in [0, 0.05) is 10.0 Å². The number of anilines is 1. The second-order valence-electron chi connectivity index (χ2n) is 5.91. The second-order valence-corrected chi connectivity index (χ2v) is 6.82. The molecule has 0 radical (unpaired) electrons. The van der Waals surface area contributed by atoms with Crippen LogP contribution in [0.5, 0.6) is 0 Å². The molecule has 1 amide bonds. The highest BCUT2D eigenvalue weighted by Gasteiger charge is 2.21. The van der Waals surface area contributed by atoms with Gasteiger partial charge in [0.05, 0.1) is 12.2 Å². The van der Waals surface area contributed by atoms with Gasteiger partial charge in [0.15, 0.2) is 5.82 Å². The van der Waals surface area contributed by atoms with Crippen LogP contribution in [-0.4, -0.2) is 29.2 Å². The third-order valence-corrected chi connectivity index (χ3v) is 4.56. The van der Waals surface area contributed by atoms with Crippen LogP contribution in [0.4, 0.5) is 5.82 Å². The first-order valence-electron chi connectivity index (χ1n) is 8.01. The van der Waals surface area contributed by atoms with Gasteiger partial charge in [-0.25, -0.2) is 0 Å². The Balaban J connectivity index is 1.67. The monoisotopic (exact) mass is 376 g/mol. The van der Waals surface area contributed by atoms with Crippen LogP contribution in [0.2, 0.25) is 0 Å². The molecule has 23 heavy (non-hydrogen) atoms. The summed E-state index contributed by atoms with van der Waals surface area (Å²) in [5.74, 6) is 1.35. The van der Waals surface area contributed by atoms with E-state index in [1.807, 2.05) is 24.3 Å². The van der Waals surface area contributed by atoms with Gasteiger partial charge in [0.1, 0.15) is 0 Å². The van der Waals surface area contributed by atoms with E-state index in [0.29, 0.717) is 12.4 Å². The van der Waals surface area contributed by atoms with Gasteiger partial charge in [-0.05, 0) is 49.4 Å². The predicted octanol–water partition coefficient (Wildman–Crippen LogP) is 3.34. The molecule has 5 nitrogen and oxygen atoms in total. The van der Waals surface area contributed by atoms with Crippen LogP contribution in [0.1, 0.15) is 25.3 Å². The van der Waals surface area contributed by atoms with E-state index in [1.165, 1.54) is 12.8 Å². The Bertz CT molecular complexity index is 676. The molecule has 0 aliphatic heterocycles. The zero-order valence-electron chi connectivity index (χ0n) is 13.2. The summed E-state index contributed by atoms with van der Waals surface area (Å²) in [4.78, 5) is 12.0. The summed E-state index contributed by atoms with van der Waals surface area (Å²) in [6.45, 7) is 3.33. The van der Waals surface area contributed by atoms with E-state index < -0.39 is 0 Å². The lowest BCUT2D eigenvalue weighted by Crippen LogP contribution is -2.29. The van der Waals surface area contributed by atoms with E-state index in [4.69, 9.17) is 0 Å². The smallest absolute Gasteiger partial charge is 0.239 e. The average molecular weight is 377 g/mol. The first-order valence-corrected chi connectivity index (χ1v) is 8.80. The van der Waals surface area contributed by atoms with Gasteiger partial charge in [-0.15, -0.1) is 0 Å². The molecule has 1 fully saturated rings. The normalized spacial score (nSPS) is 14.0. The highest BCUT2D eigenvalue weighted by molar-refractivity contribution is 9.10. The first kappa shape index (κ1) is 16.2. The van der Waals surface area contributed by atoms with E-state index in [-0.39, 0.29) is 5.91 Å². The number of hydrogen-bond donors (Lipinski definition) is 3. The molecule has 2 aromatic rings. The number of rotatable bonds is 7. The third-order valence-electron chi connectivity index (χ3n) is 4.03. The second kappa shape index (κ2) is 7.27. The van der Waals surface area contributed by atoms with Gasteiger partial charge >= 0.3 is 0 Å². The largest absolute Gasteiger partial charge is 0.308 e. The zero-order valence-corrected chi connectivity index (χ0v) is 14.7. The van der Waals surface area contributed by atoms with Crippen molar-refractivity contribution in [2.75, 3.05) is 18.4 Å². The van der Waals surface area contributed by atoms with Crippen molar-refractivity contribution in [1.82, 2.24) is 15.5 Å². The highest BCUT2D eigenvalue weighted by atomic mass is 79.9. The molecule has 0 bridgehead atoms. The molecule has 122 valence electrons. The molecular weight excluding hydrogens is 356 g/mol. The van der Waals surface area contributed by atoms with Gasteiger partial charge < -0.3 is 10.6 Å². The van der Waals surface area contributed by atoms with Gasteiger partial charge in [0.25, 0.3) is 0 Å². The topological polar surface area (TPSA) is 69.8 Å². The van der Waals surface area contributed by atoms with Crippen LogP contribution in [0.3, 0.4) is 0 Å². The fourth-order valence-corrected chi connectivity index (χ4v) is 2.82. The van der Waals surface area contributed by atoms with Crippen molar-refractivity contribution in [3.8, 4) is 11.3 Å². The average Bonchev–Trinajstić information content (AvgIpc) is 3.28. The lowest BCUT2D eigenvalue weighted by molar-refractivity contribution is -0.115. The standard InChI is InChI=1S/C17H21BrN4O/c1-2-14-16(12-5-7-13(18)8-6-12)21-22-17(14)20-15(23)10-19-9-11-3-4-11/h5-8,11,19H,2-4,9-10H2,1H3,(H2,20,21,22,23). The molecule has 3 rings (SSSR count). The number of carbonyl (C=O) groups is 1. The third kappa shape index (κ3) is 4.20. The summed E-state index contributed by atoms with van der Waals surface area (Å²) in [5.41, 5.74) is 3.05. The Morgan fingerprint density at radius 3 is 2.74 bits per heavy atom. The molecule has 1 aliphatic carbocycles. The van der Waals surface area contributed by atoms with Crippen molar-refractivity contribution >= 4 is 27.7 Å². The SMILES string of the molecule is CCc1c(NC(=O)CNCC2CC2)n[nH]c1-c1ccc(Br)cc1. The number of benzene rings is 1. The molecule has 1 aromatic carbocycles. The Morgan fingerprint density at radius 2 is 2.09 bits per heavy atom. The van der Waals surface area contributed by atoms with Crippen molar-refractivity contribution in [3.05, 3.63) is 34.3 Å². The minimum absolute atomic E-state index is 0.0470. The molecule has 0 spiro atoms. The molecule has 1 aromatic heterocycles. The minimum atomic E-state index is -0.0470. The van der Waals surface area contributed by atoms with Crippen molar-refractivity contribution in [2.24, 2.45) is 5.92 Å². The maximum atomic E-state index is 12.0. The number of amides is 1. The molecule has 0 atom stereocenters. The summed E-state index contributed by atoms with van der Waals surface area (Å²) in [5, 5.41) is 13.4. The van der Waals surface area contributed by atoms with Crippen molar-refractivity contribution < 1.29 is 4.79 Å². The number of nitrogens with one attached hydrogen (secondary N) is 3. The summed E-state index contributed by atoms with van der Waals surface area (Å²) < 4.78 is 1.04. The summed E-state index contributed by atoms with van der Waals surface area (Å²) >= 11 is 3.44. The van der Waals surface area contributed by atoms with Crippen molar-refractivity contribution in [3.63, 3.8) is 0 Å². The summed E-state index contributed by atoms with van der Waals surface area (Å²) in [7, 11) is 0. The van der Waals surface area contributed by atoms with Gasteiger partial charge in [-0.1, -0.05) is 35.0 Å². The molecular formula is C17H21BrN4O. The summed E-state index contributed by atoms with van der Waals surface area (Å²) in [6, 6.07) is 8.05. The lowest BCUT2D eigenvalue weighted by Gasteiger charge is -2.06. The first-order chi connectivity index (χ1) is 11.2. The highest BCUT2D eigenvalue weighted by Crippen LogP contribution is 2.28. The molecule has 0 unspecified atom stereocenters. The van der Waals surface area contributed by atoms with Crippen molar-refractivity contribution in [2.45, 2.75) is 26.2 Å². The molecule has 3 N–H and O–H groups in total. The van der Waals surface area contributed by atoms with E-state index in [2.05, 4.69) is 43.7 Å². The van der Waals surface area contributed by atoms with Crippen LogP contribution in [0.25, 0.3) is 11.3 Å². The lowest BCUT2D eigenvalue weighted by atomic mass is 10.1. The van der Waals surface area contributed by atoms with Gasteiger partial charge in [-0.3, -0.25) is 9.89 Å². The fraction of sp³-hybridized carbons (Fsp3) is 0.412. The quantitative estimate of drug-likeness (QED) is 0.693. The number of aromatic nitrogens is 2. The maximum absolute atomic E-state index is 12.0. The van der Waals surface area contributed by atoms with Gasteiger partial charge in [-0.2, -0.15) is 5.10 Å². The number of aromatic amines is 1. The zero-order chi connectivity index (χ0) is 16.2. The predicted molar refractivity (Wildman–Crippen MR) is 95.3 cm³/mol. The van der Waals surface area contributed by atoms with E-state index in [9.17, 15) is 4.79 Å². The number of H-pyrrole nitrogens is 1. The Labute approximate surface area is 144 Å². The molecule has 6 heteroatoms. The number of halogens is 1. The number of nitrogens with zero attached hydrogens (tertiary/aromatic N) is 1. The number of hydrogen-bond acceptors (Lipinski definition) is 3. The van der Waals surface area contributed by atoms with Crippen molar-refractivity contribution in [1.29, 1.82) is 0 Å². The van der Waals surface area contributed by atoms with Crippen LogP contribution < -0.4 is 10.6 Å². The summed E-state index contributed by atoms with van der Waals surface area (Å²) in [6.07, 6.45) is 3.36. The van der Waals surface area contributed by atoms with Crippen LogP contribution in [0.15, 0.2) is 28.7 Å². The Morgan fingerprint density at radius 1 is 1.35 bits per heavy atom. The Kier molecular flexibility index (Phi) is 5.13. The van der Waals surface area contributed by atoms with E-state index in [1.54, 1.807) is 0 Å². The van der Waals surface area contributed by atoms with Crippen LogP contribution in [0, 0.1) is 5.92 Å². The number of carbonyl (C=O) groups excluding carboxylic acids is 1. The van der Waals surface area contributed by atoms with E-state index in [0.717, 1.165) is 40.2 Å². The van der Waals surface area contributed by atoms with E-state index >= 15 is 0 Å².